The number of hydrogen-bond acceptors (Lipinski definition) is 3. The number of hydrogen-bond donors (Lipinski definition) is 1. The van der Waals surface area contributed by atoms with Gasteiger partial charge < -0.3 is 10.1 Å². The van der Waals surface area contributed by atoms with Gasteiger partial charge in [0, 0.05) is 5.69 Å². The van der Waals surface area contributed by atoms with E-state index in [0.717, 1.165) is 5.56 Å². The van der Waals surface area contributed by atoms with Crippen LogP contribution in [0.5, 0.6) is 5.75 Å². The van der Waals surface area contributed by atoms with Crippen molar-refractivity contribution in [1.29, 1.82) is 5.26 Å². The lowest BCUT2D eigenvalue weighted by Gasteiger charge is -2.20. The quantitative estimate of drug-likeness (QED) is 0.877. The van der Waals surface area contributed by atoms with E-state index in [-0.39, 0.29) is 11.3 Å². The van der Waals surface area contributed by atoms with Gasteiger partial charge in [-0.05, 0) is 47.7 Å². The van der Waals surface area contributed by atoms with Crippen molar-refractivity contribution in [2.75, 3.05) is 5.32 Å². The molecule has 1 atom stereocenters. The number of carbonyl (C=O) groups excluding carboxylic acids is 1. The van der Waals surface area contributed by atoms with E-state index in [1.54, 1.807) is 19.1 Å². The highest BCUT2D eigenvalue weighted by molar-refractivity contribution is 5.94. The molecule has 0 aliphatic rings. The maximum absolute atomic E-state index is 12.3. The highest BCUT2D eigenvalue weighted by atomic mass is 16.5. The van der Waals surface area contributed by atoms with Crippen LogP contribution in [-0.4, -0.2) is 12.0 Å². The first-order valence-corrected chi connectivity index (χ1v) is 8.33. The Bertz CT molecular complexity index is 750. The van der Waals surface area contributed by atoms with Crippen molar-refractivity contribution in [3.05, 3.63) is 59.7 Å². The summed E-state index contributed by atoms with van der Waals surface area (Å²) in [5.41, 5.74) is 2.91. The van der Waals surface area contributed by atoms with Gasteiger partial charge in [-0.3, -0.25) is 4.79 Å². The lowest BCUT2D eigenvalue weighted by molar-refractivity contribution is -0.122. The highest BCUT2D eigenvalue weighted by Crippen LogP contribution is 2.24. The van der Waals surface area contributed by atoms with Crippen LogP contribution in [0.25, 0.3) is 0 Å². The predicted molar refractivity (Wildman–Crippen MR) is 99.6 cm³/mol. The predicted octanol–water partition coefficient (Wildman–Crippen LogP) is 4.46. The number of rotatable bonds is 5. The molecule has 0 fully saturated rings. The van der Waals surface area contributed by atoms with Crippen LogP contribution in [0.3, 0.4) is 0 Å². The summed E-state index contributed by atoms with van der Waals surface area (Å²) in [6.07, 6.45) is -0.252. The number of nitriles is 1. The molecule has 4 nitrogen and oxygen atoms in total. The number of amides is 1. The Hall–Kier alpha value is -2.80. The Balaban J connectivity index is 1.94. The second-order valence-corrected chi connectivity index (χ2v) is 7.06. The van der Waals surface area contributed by atoms with Crippen molar-refractivity contribution in [2.24, 2.45) is 0 Å². The molecule has 0 heterocycles. The summed E-state index contributed by atoms with van der Waals surface area (Å²) in [7, 11) is 0. The molecule has 2 aromatic carbocycles. The average molecular weight is 336 g/mol. The Labute approximate surface area is 149 Å². The van der Waals surface area contributed by atoms with Crippen LogP contribution in [-0.2, 0) is 16.6 Å². The third-order valence-corrected chi connectivity index (χ3v) is 3.91. The van der Waals surface area contributed by atoms with Gasteiger partial charge in [0.25, 0.3) is 5.91 Å². The fourth-order valence-corrected chi connectivity index (χ4v) is 2.33. The number of anilines is 1. The minimum absolute atomic E-state index is 0.0826. The minimum Gasteiger partial charge on any atom is -0.481 e. The molecule has 4 heteroatoms. The Morgan fingerprint density at radius 3 is 2.24 bits per heavy atom. The van der Waals surface area contributed by atoms with Crippen molar-refractivity contribution < 1.29 is 9.53 Å². The molecule has 2 rings (SSSR count). The number of nitrogens with one attached hydrogen (secondary N) is 1. The van der Waals surface area contributed by atoms with Gasteiger partial charge >= 0.3 is 0 Å². The fraction of sp³-hybridized carbons (Fsp3) is 0.333. The standard InChI is InChI=1S/C21H24N2O2/c1-15(25-19-11-7-17(8-12-19)21(2,3)4)20(24)23-18-9-5-16(6-10-18)13-14-22/h5-12,15H,13H2,1-4H3,(H,23,24)/t15-/m0/s1. The van der Waals surface area contributed by atoms with E-state index in [1.165, 1.54) is 5.56 Å². The Morgan fingerprint density at radius 2 is 1.72 bits per heavy atom. The molecule has 0 aliphatic heterocycles. The van der Waals surface area contributed by atoms with E-state index in [9.17, 15) is 4.79 Å². The molecule has 0 saturated carbocycles. The van der Waals surface area contributed by atoms with Crippen LogP contribution in [0.4, 0.5) is 5.69 Å². The molecule has 0 aliphatic carbocycles. The van der Waals surface area contributed by atoms with E-state index in [2.05, 4.69) is 32.2 Å². The summed E-state index contributed by atoms with van der Waals surface area (Å²) in [5, 5.41) is 11.5. The molecule has 0 aromatic heterocycles. The first kappa shape index (κ1) is 18.5. The normalized spacial score (nSPS) is 12.1. The largest absolute Gasteiger partial charge is 0.481 e. The highest BCUT2D eigenvalue weighted by Gasteiger charge is 2.16. The molecule has 0 radical (unpaired) electrons. The summed E-state index contributed by atoms with van der Waals surface area (Å²) in [6.45, 7) is 8.18. The van der Waals surface area contributed by atoms with Crippen LogP contribution in [0.1, 0.15) is 38.8 Å². The third kappa shape index (κ3) is 5.36. The maximum Gasteiger partial charge on any atom is 0.265 e. The molecule has 0 unspecified atom stereocenters. The number of nitrogens with zero attached hydrogens (tertiary/aromatic N) is 1. The lowest BCUT2D eigenvalue weighted by atomic mass is 9.87. The first-order chi connectivity index (χ1) is 11.8. The second kappa shape index (κ2) is 7.85. The number of benzene rings is 2. The molecule has 0 bridgehead atoms. The second-order valence-electron chi connectivity index (χ2n) is 7.06. The molecule has 0 spiro atoms. The van der Waals surface area contributed by atoms with Crippen molar-refractivity contribution in [2.45, 2.75) is 45.6 Å². The topological polar surface area (TPSA) is 62.1 Å². The van der Waals surface area contributed by atoms with Gasteiger partial charge in [-0.15, -0.1) is 0 Å². The summed E-state index contributed by atoms with van der Waals surface area (Å²) in [4.78, 5) is 12.3. The SMILES string of the molecule is C[C@H](Oc1ccc(C(C)(C)C)cc1)C(=O)Nc1ccc(CC#N)cc1. The number of carbonyl (C=O) groups is 1. The van der Waals surface area contributed by atoms with Crippen molar-refractivity contribution in [3.8, 4) is 11.8 Å². The van der Waals surface area contributed by atoms with Gasteiger partial charge in [-0.1, -0.05) is 45.0 Å². The van der Waals surface area contributed by atoms with Crippen LogP contribution < -0.4 is 10.1 Å². The molecular formula is C21H24N2O2. The zero-order chi connectivity index (χ0) is 18.4. The maximum atomic E-state index is 12.3. The minimum atomic E-state index is -0.612. The van der Waals surface area contributed by atoms with Crippen LogP contribution in [0, 0.1) is 11.3 Å². The summed E-state index contributed by atoms with van der Waals surface area (Å²) >= 11 is 0. The lowest BCUT2D eigenvalue weighted by Crippen LogP contribution is -2.30. The molecule has 1 N–H and O–H groups in total. The molecule has 25 heavy (non-hydrogen) atoms. The summed E-state index contributed by atoms with van der Waals surface area (Å²) < 4.78 is 5.72. The van der Waals surface area contributed by atoms with Gasteiger partial charge in [0.1, 0.15) is 5.75 Å². The summed E-state index contributed by atoms with van der Waals surface area (Å²) in [6, 6.07) is 17.2. The fourth-order valence-electron chi connectivity index (χ4n) is 2.33. The smallest absolute Gasteiger partial charge is 0.265 e. The molecule has 1 amide bonds. The van der Waals surface area contributed by atoms with E-state index in [1.807, 2.05) is 36.4 Å². The third-order valence-electron chi connectivity index (χ3n) is 3.91. The van der Waals surface area contributed by atoms with E-state index in [0.29, 0.717) is 17.9 Å². The molecule has 0 saturated heterocycles. The van der Waals surface area contributed by atoms with E-state index < -0.39 is 6.10 Å². The average Bonchev–Trinajstić information content (AvgIpc) is 2.56. The van der Waals surface area contributed by atoms with Gasteiger partial charge in [-0.2, -0.15) is 5.26 Å². The van der Waals surface area contributed by atoms with Crippen LogP contribution in [0.15, 0.2) is 48.5 Å². The van der Waals surface area contributed by atoms with Gasteiger partial charge in [0.2, 0.25) is 0 Å². The Kier molecular flexibility index (Phi) is 5.82. The van der Waals surface area contributed by atoms with Crippen molar-refractivity contribution in [1.82, 2.24) is 0 Å². The van der Waals surface area contributed by atoms with Crippen LogP contribution >= 0.6 is 0 Å². The zero-order valence-electron chi connectivity index (χ0n) is 15.2. The summed E-state index contributed by atoms with van der Waals surface area (Å²) in [5.74, 6) is 0.452. The molecule has 130 valence electrons. The number of ether oxygens (including phenoxy) is 1. The van der Waals surface area contributed by atoms with Crippen molar-refractivity contribution >= 4 is 11.6 Å². The molecular weight excluding hydrogens is 312 g/mol. The molecule has 2 aromatic rings. The van der Waals surface area contributed by atoms with Gasteiger partial charge in [0.15, 0.2) is 6.10 Å². The monoisotopic (exact) mass is 336 g/mol. The van der Waals surface area contributed by atoms with E-state index in [4.69, 9.17) is 10.00 Å². The van der Waals surface area contributed by atoms with Crippen LogP contribution in [0.2, 0.25) is 0 Å². The van der Waals surface area contributed by atoms with Crippen molar-refractivity contribution in [3.63, 3.8) is 0 Å². The van der Waals surface area contributed by atoms with Gasteiger partial charge in [0.05, 0.1) is 12.5 Å². The zero-order valence-corrected chi connectivity index (χ0v) is 15.2. The Morgan fingerprint density at radius 1 is 1.12 bits per heavy atom. The van der Waals surface area contributed by atoms with E-state index >= 15 is 0 Å². The first-order valence-electron chi connectivity index (χ1n) is 8.33. The van der Waals surface area contributed by atoms with Gasteiger partial charge in [-0.25, -0.2) is 0 Å².